The van der Waals surface area contributed by atoms with E-state index in [2.05, 4.69) is 12.6 Å². The Balaban J connectivity index is 3.41. The van der Waals surface area contributed by atoms with Crippen LogP contribution < -0.4 is 5.73 Å². The van der Waals surface area contributed by atoms with Gasteiger partial charge in [-0.2, -0.15) is 12.6 Å². The van der Waals surface area contributed by atoms with Gasteiger partial charge >= 0.3 is 0 Å². The zero-order valence-corrected chi connectivity index (χ0v) is 9.09. The molecular weight excluding hydrogens is 209 g/mol. The van der Waals surface area contributed by atoms with E-state index in [0.29, 0.717) is 10.6 Å². The monoisotopic (exact) mass is 219 g/mol. The third-order valence-corrected chi connectivity index (χ3v) is 2.71. The van der Waals surface area contributed by atoms with Crippen LogP contribution in [0.15, 0.2) is 6.07 Å². The fourth-order valence-electron chi connectivity index (χ4n) is 1.13. The lowest BCUT2D eigenvalue weighted by Crippen LogP contribution is -1.99. The molecule has 0 aliphatic rings. The van der Waals surface area contributed by atoms with Gasteiger partial charge in [-0.05, 0) is 25.5 Å². The molecule has 0 aliphatic carbocycles. The zero-order valence-electron chi connectivity index (χ0n) is 7.44. The van der Waals surface area contributed by atoms with Gasteiger partial charge in [0.15, 0.2) is 0 Å². The lowest BCUT2D eigenvalue weighted by Gasteiger charge is -2.12. The number of nitrogen functional groups attached to an aromatic ring is 1. The summed E-state index contributed by atoms with van der Waals surface area (Å²) in [6, 6.07) is 1.53. The van der Waals surface area contributed by atoms with E-state index in [9.17, 15) is 4.39 Å². The minimum Gasteiger partial charge on any atom is -0.396 e. The Morgan fingerprint density at radius 2 is 2.15 bits per heavy atom. The number of rotatable bonds is 1. The van der Waals surface area contributed by atoms with E-state index in [0.717, 1.165) is 5.56 Å². The predicted molar refractivity (Wildman–Crippen MR) is 58.0 cm³/mol. The second-order valence-corrected chi connectivity index (χ2v) is 4.14. The van der Waals surface area contributed by atoms with Crippen molar-refractivity contribution in [1.82, 2.24) is 0 Å². The number of anilines is 1. The molecule has 0 radical (unpaired) electrons. The van der Waals surface area contributed by atoms with Crippen LogP contribution in [0, 0.1) is 12.7 Å². The lowest BCUT2D eigenvalue weighted by atomic mass is 10.1. The molecular formula is C9H11ClFNS. The van der Waals surface area contributed by atoms with E-state index >= 15 is 0 Å². The third-order valence-electron chi connectivity index (χ3n) is 1.93. The maximum atomic E-state index is 13.2. The molecule has 1 aromatic carbocycles. The highest BCUT2D eigenvalue weighted by Crippen LogP contribution is 2.33. The smallest absolute Gasteiger partial charge is 0.150 e. The number of halogens is 2. The third kappa shape index (κ3) is 1.92. The standard InChI is InChI=1S/C9H11ClFNS/c1-4-8(10)6(5(2)13)3-7(12)9(4)11/h3,5,13H,12H2,1-2H3. The summed E-state index contributed by atoms with van der Waals surface area (Å²) in [5, 5.41) is 0.364. The van der Waals surface area contributed by atoms with Crippen molar-refractivity contribution in [3.63, 3.8) is 0 Å². The van der Waals surface area contributed by atoms with Crippen LogP contribution in [0.1, 0.15) is 23.3 Å². The molecule has 13 heavy (non-hydrogen) atoms. The van der Waals surface area contributed by atoms with Gasteiger partial charge in [0, 0.05) is 10.8 Å². The Hall–Kier alpha value is -0.410. The molecule has 0 aromatic heterocycles. The molecule has 0 amide bonds. The number of nitrogens with two attached hydrogens (primary N) is 1. The molecule has 1 nitrogen and oxygen atoms in total. The maximum absolute atomic E-state index is 13.2. The van der Waals surface area contributed by atoms with Crippen LogP contribution in [0.2, 0.25) is 5.02 Å². The quantitative estimate of drug-likeness (QED) is 0.550. The molecule has 72 valence electrons. The van der Waals surface area contributed by atoms with Crippen molar-refractivity contribution < 1.29 is 4.39 Å². The minimum atomic E-state index is -0.442. The second kappa shape index (κ2) is 3.76. The van der Waals surface area contributed by atoms with E-state index in [1.54, 1.807) is 6.92 Å². The normalized spacial score (nSPS) is 13.0. The Kier molecular flexibility index (Phi) is 3.09. The van der Waals surface area contributed by atoms with E-state index in [1.165, 1.54) is 6.07 Å². The molecule has 0 saturated carbocycles. The highest BCUT2D eigenvalue weighted by Gasteiger charge is 2.14. The van der Waals surface area contributed by atoms with Crippen LogP contribution in [0.3, 0.4) is 0 Å². The van der Waals surface area contributed by atoms with Crippen molar-refractivity contribution in [2.45, 2.75) is 19.1 Å². The first kappa shape index (κ1) is 10.7. The molecule has 1 atom stereocenters. The van der Waals surface area contributed by atoms with Gasteiger partial charge in [-0.25, -0.2) is 4.39 Å². The number of benzene rings is 1. The average Bonchev–Trinajstić information content (AvgIpc) is 2.07. The van der Waals surface area contributed by atoms with Crippen molar-refractivity contribution in [1.29, 1.82) is 0 Å². The van der Waals surface area contributed by atoms with Crippen LogP contribution in [0.4, 0.5) is 10.1 Å². The Bertz CT molecular complexity index is 339. The summed E-state index contributed by atoms with van der Waals surface area (Å²) in [6.07, 6.45) is 0. The van der Waals surface area contributed by atoms with Gasteiger partial charge in [0.05, 0.1) is 10.7 Å². The van der Waals surface area contributed by atoms with E-state index in [-0.39, 0.29) is 10.9 Å². The first-order valence-electron chi connectivity index (χ1n) is 3.87. The van der Waals surface area contributed by atoms with Crippen molar-refractivity contribution in [3.8, 4) is 0 Å². The fraction of sp³-hybridized carbons (Fsp3) is 0.333. The van der Waals surface area contributed by atoms with Crippen molar-refractivity contribution in [2.24, 2.45) is 0 Å². The van der Waals surface area contributed by atoms with Gasteiger partial charge in [0.1, 0.15) is 5.82 Å². The fourth-order valence-corrected chi connectivity index (χ4v) is 1.71. The highest BCUT2D eigenvalue weighted by molar-refractivity contribution is 7.80. The molecule has 0 bridgehead atoms. The second-order valence-electron chi connectivity index (χ2n) is 2.98. The van der Waals surface area contributed by atoms with Gasteiger partial charge in [0.2, 0.25) is 0 Å². The largest absolute Gasteiger partial charge is 0.396 e. The minimum absolute atomic E-state index is 0.0471. The van der Waals surface area contributed by atoms with Crippen LogP contribution in [0.5, 0.6) is 0 Å². The number of hydrogen-bond donors (Lipinski definition) is 2. The Morgan fingerprint density at radius 3 is 2.62 bits per heavy atom. The van der Waals surface area contributed by atoms with Gasteiger partial charge in [-0.3, -0.25) is 0 Å². The van der Waals surface area contributed by atoms with Crippen LogP contribution in [-0.2, 0) is 0 Å². The molecule has 0 saturated heterocycles. The SMILES string of the molecule is Cc1c(F)c(N)cc(C(C)S)c1Cl. The molecule has 1 rings (SSSR count). The molecule has 0 heterocycles. The topological polar surface area (TPSA) is 26.0 Å². The summed E-state index contributed by atoms with van der Waals surface area (Å²) in [4.78, 5) is 0. The lowest BCUT2D eigenvalue weighted by molar-refractivity contribution is 0.622. The summed E-state index contributed by atoms with van der Waals surface area (Å²) < 4.78 is 13.2. The molecule has 0 fully saturated rings. The first-order chi connectivity index (χ1) is 5.95. The Morgan fingerprint density at radius 1 is 1.62 bits per heavy atom. The van der Waals surface area contributed by atoms with Gasteiger partial charge in [-0.15, -0.1) is 0 Å². The predicted octanol–water partition coefficient (Wildman–Crippen LogP) is 3.36. The molecule has 0 spiro atoms. The van der Waals surface area contributed by atoms with Crippen LogP contribution in [0.25, 0.3) is 0 Å². The van der Waals surface area contributed by atoms with E-state index in [4.69, 9.17) is 17.3 Å². The number of thiol groups is 1. The van der Waals surface area contributed by atoms with E-state index < -0.39 is 5.82 Å². The molecule has 1 unspecified atom stereocenters. The van der Waals surface area contributed by atoms with Gasteiger partial charge < -0.3 is 5.73 Å². The van der Waals surface area contributed by atoms with Crippen molar-refractivity contribution >= 4 is 29.9 Å². The zero-order chi connectivity index (χ0) is 10.2. The molecule has 2 N–H and O–H groups in total. The molecule has 0 aliphatic heterocycles. The van der Waals surface area contributed by atoms with E-state index in [1.807, 2.05) is 6.92 Å². The molecule has 4 heteroatoms. The summed E-state index contributed by atoms with van der Waals surface area (Å²) in [5.74, 6) is -0.442. The maximum Gasteiger partial charge on any atom is 0.150 e. The first-order valence-corrected chi connectivity index (χ1v) is 4.76. The van der Waals surface area contributed by atoms with Crippen LogP contribution in [-0.4, -0.2) is 0 Å². The van der Waals surface area contributed by atoms with Gasteiger partial charge in [-0.1, -0.05) is 11.6 Å². The summed E-state index contributed by atoms with van der Waals surface area (Å²) >= 11 is 10.1. The average molecular weight is 220 g/mol. The van der Waals surface area contributed by atoms with Gasteiger partial charge in [0.25, 0.3) is 0 Å². The summed E-state index contributed by atoms with van der Waals surface area (Å²) in [5.41, 5.74) is 6.74. The number of hydrogen-bond acceptors (Lipinski definition) is 2. The Labute approximate surface area is 87.5 Å². The summed E-state index contributed by atoms with van der Waals surface area (Å²) in [7, 11) is 0. The van der Waals surface area contributed by atoms with Crippen LogP contribution >= 0.6 is 24.2 Å². The summed E-state index contributed by atoms with van der Waals surface area (Å²) in [6.45, 7) is 3.47. The highest BCUT2D eigenvalue weighted by atomic mass is 35.5. The van der Waals surface area contributed by atoms with Crippen molar-refractivity contribution in [2.75, 3.05) is 5.73 Å². The van der Waals surface area contributed by atoms with Crippen molar-refractivity contribution in [3.05, 3.63) is 28.0 Å². The molecule has 1 aromatic rings.